The van der Waals surface area contributed by atoms with Gasteiger partial charge in [-0.15, -0.1) is 0 Å². The number of nitrogens with zero attached hydrogens (tertiary/aromatic N) is 1. The molecule has 2 aromatic carbocycles. The molecule has 3 N–H and O–H groups in total. The van der Waals surface area contributed by atoms with E-state index in [1.54, 1.807) is 12.1 Å². The number of nitro benzene ring substituents is 1. The molecule has 0 aliphatic heterocycles. The molecule has 5 nitrogen and oxygen atoms in total. The summed E-state index contributed by atoms with van der Waals surface area (Å²) in [4.78, 5) is 10.2. The summed E-state index contributed by atoms with van der Waals surface area (Å²) in [6.07, 6.45) is 3.45. The summed E-state index contributed by atoms with van der Waals surface area (Å²) in [7, 11) is 0. The van der Waals surface area contributed by atoms with Gasteiger partial charge in [0.05, 0.1) is 4.92 Å². The summed E-state index contributed by atoms with van der Waals surface area (Å²) < 4.78 is 0. The molecule has 0 fully saturated rings. The van der Waals surface area contributed by atoms with E-state index in [-0.39, 0.29) is 11.4 Å². The number of nitrogens with two attached hydrogens (primary N) is 1. The van der Waals surface area contributed by atoms with Crippen LogP contribution in [0.2, 0.25) is 0 Å². The van der Waals surface area contributed by atoms with Crippen LogP contribution in [0.1, 0.15) is 25.3 Å². The Morgan fingerprint density at radius 3 is 2.38 bits per heavy atom. The molecule has 0 bridgehead atoms. The van der Waals surface area contributed by atoms with Crippen LogP contribution in [0, 0.1) is 10.1 Å². The highest BCUT2D eigenvalue weighted by atomic mass is 16.6. The number of aryl methyl sites for hydroxylation is 1. The zero-order chi connectivity index (χ0) is 15.2. The van der Waals surface area contributed by atoms with Crippen LogP contribution >= 0.6 is 0 Å². The molecular formula is C16H19N3O2. The van der Waals surface area contributed by atoms with Gasteiger partial charge >= 0.3 is 0 Å². The monoisotopic (exact) mass is 285 g/mol. The standard InChI is InChI=1S/C16H19N3O2/c1-2-3-4-12-5-7-13(8-6-12)18-14-9-10-16(19(20)21)15(17)11-14/h5-11,18H,2-4,17H2,1H3. The van der Waals surface area contributed by atoms with Crippen molar-refractivity contribution >= 4 is 22.7 Å². The Hall–Kier alpha value is -2.56. The number of hydrogen-bond donors (Lipinski definition) is 2. The third-order valence-electron chi connectivity index (χ3n) is 3.29. The maximum Gasteiger partial charge on any atom is 0.292 e. The minimum Gasteiger partial charge on any atom is -0.393 e. The van der Waals surface area contributed by atoms with Gasteiger partial charge in [0.25, 0.3) is 5.69 Å². The summed E-state index contributed by atoms with van der Waals surface area (Å²) in [5, 5.41) is 13.9. The average Bonchev–Trinajstić information content (AvgIpc) is 2.46. The number of nitrogens with one attached hydrogen (secondary N) is 1. The Labute approximate surface area is 123 Å². The second-order valence-electron chi connectivity index (χ2n) is 4.96. The normalized spacial score (nSPS) is 10.3. The molecule has 0 saturated heterocycles. The van der Waals surface area contributed by atoms with Crippen LogP contribution in [0.3, 0.4) is 0 Å². The van der Waals surface area contributed by atoms with Crippen LogP contribution in [0.4, 0.5) is 22.7 Å². The van der Waals surface area contributed by atoms with E-state index in [1.807, 2.05) is 12.1 Å². The number of nitro groups is 1. The molecular weight excluding hydrogens is 266 g/mol. The van der Waals surface area contributed by atoms with Crippen molar-refractivity contribution in [3.8, 4) is 0 Å². The largest absolute Gasteiger partial charge is 0.393 e. The first kappa shape index (κ1) is 14.8. The van der Waals surface area contributed by atoms with E-state index in [2.05, 4.69) is 24.4 Å². The molecule has 0 aliphatic rings. The summed E-state index contributed by atoms with van der Waals surface area (Å²) >= 11 is 0. The topological polar surface area (TPSA) is 81.2 Å². The Bertz CT molecular complexity index is 624. The fourth-order valence-corrected chi connectivity index (χ4v) is 2.10. The van der Waals surface area contributed by atoms with Gasteiger partial charge in [0.15, 0.2) is 0 Å². The zero-order valence-corrected chi connectivity index (χ0v) is 12.0. The molecule has 0 atom stereocenters. The molecule has 2 rings (SSSR count). The lowest BCUT2D eigenvalue weighted by Gasteiger charge is -2.08. The van der Waals surface area contributed by atoms with Gasteiger partial charge in [0.1, 0.15) is 5.69 Å². The molecule has 0 radical (unpaired) electrons. The van der Waals surface area contributed by atoms with Crippen molar-refractivity contribution in [3.63, 3.8) is 0 Å². The van der Waals surface area contributed by atoms with E-state index < -0.39 is 4.92 Å². The van der Waals surface area contributed by atoms with Crippen molar-refractivity contribution in [1.82, 2.24) is 0 Å². The lowest BCUT2D eigenvalue weighted by molar-refractivity contribution is -0.383. The highest BCUT2D eigenvalue weighted by Crippen LogP contribution is 2.26. The fraction of sp³-hybridized carbons (Fsp3) is 0.250. The summed E-state index contributed by atoms with van der Waals surface area (Å²) in [6.45, 7) is 2.18. The Balaban J connectivity index is 2.07. The first-order valence-electron chi connectivity index (χ1n) is 7.00. The van der Waals surface area contributed by atoms with E-state index in [9.17, 15) is 10.1 Å². The number of rotatable bonds is 6. The van der Waals surface area contributed by atoms with Crippen LogP contribution < -0.4 is 11.1 Å². The smallest absolute Gasteiger partial charge is 0.292 e. The minimum atomic E-state index is -0.484. The Morgan fingerprint density at radius 2 is 1.81 bits per heavy atom. The first-order chi connectivity index (χ1) is 10.1. The van der Waals surface area contributed by atoms with Crippen LogP contribution in [0.25, 0.3) is 0 Å². The molecule has 0 heterocycles. The first-order valence-corrected chi connectivity index (χ1v) is 7.00. The molecule has 0 aromatic heterocycles. The van der Waals surface area contributed by atoms with E-state index in [4.69, 9.17) is 5.73 Å². The van der Waals surface area contributed by atoms with Gasteiger partial charge in [0, 0.05) is 17.4 Å². The van der Waals surface area contributed by atoms with Crippen molar-refractivity contribution in [2.24, 2.45) is 0 Å². The minimum absolute atomic E-state index is 0.0736. The van der Waals surface area contributed by atoms with Gasteiger partial charge in [-0.1, -0.05) is 25.5 Å². The van der Waals surface area contributed by atoms with E-state index >= 15 is 0 Å². The van der Waals surface area contributed by atoms with Gasteiger partial charge in [-0.2, -0.15) is 0 Å². The van der Waals surface area contributed by atoms with Crippen molar-refractivity contribution < 1.29 is 4.92 Å². The lowest BCUT2D eigenvalue weighted by atomic mass is 10.1. The third-order valence-corrected chi connectivity index (χ3v) is 3.29. The second kappa shape index (κ2) is 6.74. The summed E-state index contributed by atoms with van der Waals surface area (Å²) in [6, 6.07) is 12.8. The van der Waals surface area contributed by atoms with Gasteiger partial charge in [-0.25, -0.2) is 0 Å². The average molecular weight is 285 g/mol. The van der Waals surface area contributed by atoms with Crippen LogP contribution in [-0.4, -0.2) is 4.92 Å². The quantitative estimate of drug-likeness (QED) is 0.472. The summed E-state index contributed by atoms with van der Waals surface area (Å²) in [5.41, 5.74) is 8.74. The number of benzene rings is 2. The Morgan fingerprint density at radius 1 is 1.14 bits per heavy atom. The molecule has 2 aromatic rings. The van der Waals surface area contributed by atoms with Crippen molar-refractivity contribution in [1.29, 1.82) is 0 Å². The number of anilines is 3. The van der Waals surface area contributed by atoms with Gasteiger partial charge < -0.3 is 11.1 Å². The SMILES string of the molecule is CCCCc1ccc(Nc2ccc([N+](=O)[O-])c(N)c2)cc1. The van der Waals surface area contributed by atoms with Crippen molar-refractivity contribution in [2.45, 2.75) is 26.2 Å². The molecule has 0 spiro atoms. The molecule has 0 saturated carbocycles. The van der Waals surface area contributed by atoms with Gasteiger partial charge in [0.2, 0.25) is 0 Å². The fourth-order valence-electron chi connectivity index (χ4n) is 2.10. The molecule has 110 valence electrons. The van der Waals surface area contributed by atoms with Crippen LogP contribution in [-0.2, 0) is 6.42 Å². The number of nitrogen functional groups attached to an aromatic ring is 1. The zero-order valence-electron chi connectivity index (χ0n) is 12.0. The maximum atomic E-state index is 10.7. The molecule has 5 heteroatoms. The van der Waals surface area contributed by atoms with E-state index in [0.717, 1.165) is 17.8 Å². The highest BCUT2D eigenvalue weighted by Gasteiger charge is 2.10. The van der Waals surface area contributed by atoms with Crippen LogP contribution in [0.5, 0.6) is 0 Å². The lowest BCUT2D eigenvalue weighted by Crippen LogP contribution is -1.97. The molecule has 0 aliphatic carbocycles. The third kappa shape index (κ3) is 3.95. The maximum absolute atomic E-state index is 10.7. The summed E-state index contributed by atoms with van der Waals surface area (Å²) in [5.74, 6) is 0. The highest BCUT2D eigenvalue weighted by molar-refractivity contribution is 5.69. The predicted molar refractivity (Wildman–Crippen MR) is 85.8 cm³/mol. The van der Waals surface area contributed by atoms with Crippen molar-refractivity contribution in [3.05, 3.63) is 58.1 Å². The predicted octanol–water partition coefficient (Wildman–Crippen LogP) is 4.26. The number of unbranched alkanes of at least 4 members (excludes halogenated alkanes) is 1. The molecule has 21 heavy (non-hydrogen) atoms. The van der Waals surface area contributed by atoms with Crippen LogP contribution in [0.15, 0.2) is 42.5 Å². The van der Waals surface area contributed by atoms with E-state index in [1.165, 1.54) is 24.5 Å². The molecule has 0 unspecified atom stereocenters. The van der Waals surface area contributed by atoms with E-state index in [0.29, 0.717) is 0 Å². The molecule has 0 amide bonds. The van der Waals surface area contributed by atoms with Gasteiger partial charge in [-0.3, -0.25) is 10.1 Å². The number of hydrogen-bond acceptors (Lipinski definition) is 4. The van der Waals surface area contributed by atoms with Crippen molar-refractivity contribution in [2.75, 3.05) is 11.1 Å². The van der Waals surface area contributed by atoms with Gasteiger partial charge in [-0.05, 0) is 42.7 Å². The Kier molecular flexibility index (Phi) is 4.77. The second-order valence-corrected chi connectivity index (χ2v) is 4.96.